The molecular formula is C15H13Cl2NO3. The van der Waals surface area contributed by atoms with Gasteiger partial charge in [-0.1, -0.05) is 34.4 Å². The van der Waals surface area contributed by atoms with Crippen molar-refractivity contribution >= 4 is 29.4 Å². The summed E-state index contributed by atoms with van der Waals surface area (Å²) in [5.74, 6) is 1.11. The van der Waals surface area contributed by atoms with Crippen molar-refractivity contribution < 1.29 is 14.7 Å². The maximum Gasteiger partial charge on any atom is 0.161 e. The first-order chi connectivity index (χ1) is 10.1. The summed E-state index contributed by atoms with van der Waals surface area (Å²) >= 11 is 11.9. The van der Waals surface area contributed by atoms with Gasteiger partial charge >= 0.3 is 0 Å². The van der Waals surface area contributed by atoms with E-state index in [0.29, 0.717) is 33.7 Å². The second-order valence-corrected chi connectivity index (χ2v) is 5.02. The van der Waals surface area contributed by atoms with Gasteiger partial charge in [-0.3, -0.25) is 0 Å². The molecule has 0 aliphatic rings. The van der Waals surface area contributed by atoms with Crippen LogP contribution in [0.15, 0.2) is 41.6 Å². The second-order valence-electron chi connectivity index (χ2n) is 4.18. The van der Waals surface area contributed by atoms with E-state index in [1.807, 2.05) is 6.07 Å². The molecule has 0 spiro atoms. The lowest BCUT2D eigenvalue weighted by atomic mass is 10.2. The molecule has 4 nitrogen and oxygen atoms in total. The predicted molar refractivity (Wildman–Crippen MR) is 83.2 cm³/mol. The lowest BCUT2D eigenvalue weighted by Gasteiger charge is -2.12. The van der Waals surface area contributed by atoms with Crippen LogP contribution in [0.4, 0.5) is 0 Å². The van der Waals surface area contributed by atoms with Gasteiger partial charge in [-0.15, -0.1) is 0 Å². The highest BCUT2D eigenvalue weighted by atomic mass is 35.5. The minimum absolute atomic E-state index is 0.291. The second kappa shape index (κ2) is 7.20. The molecule has 2 aromatic carbocycles. The van der Waals surface area contributed by atoms with Crippen molar-refractivity contribution in [2.24, 2.45) is 5.16 Å². The van der Waals surface area contributed by atoms with E-state index in [0.717, 1.165) is 5.56 Å². The molecule has 0 aliphatic heterocycles. The van der Waals surface area contributed by atoms with Crippen LogP contribution in [0.3, 0.4) is 0 Å². The Hall–Kier alpha value is -1.91. The molecule has 0 amide bonds. The Kier molecular flexibility index (Phi) is 5.31. The van der Waals surface area contributed by atoms with Gasteiger partial charge < -0.3 is 14.7 Å². The highest BCUT2D eigenvalue weighted by molar-refractivity contribution is 6.35. The molecule has 0 fully saturated rings. The summed E-state index contributed by atoms with van der Waals surface area (Å²) in [5.41, 5.74) is 1.52. The summed E-state index contributed by atoms with van der Waals surface area (Å²) in [5, 5.41) is 12.6. The maximum absolute atomic E-state index is 8.53. The average Bonchev–Trinajstić information content (AvgIpc) is 2.47. The molecule has 6 heteroatoms. The third-order valence-electron chi connectivity index (χ3n) is 2.79. The SMILES string of the molecule is COc1cc(/C=N\O)ccc1OCc1ccc(Cl)cc1Cl. The van der Waals surface area contributed by atoms with Crippen LogP contribution in [0.2, 0.25) is 10.0 Å². The Balaban J connectivity index is 2.15. The molecule has 0 atom stereocenters. The highest BCUT2D eigenvalue weighted by Crippen LogP contribution is 2.29. The van der Waals surface area contributed by atoms with Crippen LogP contribution in [-0.4, -0.2) is 18.5 Å². The fourth-order valence-corrected chi connectivity index (χ4v) is 2.21. The monoisotopic (exact) mass is 325 g/mol. The van der Waals surface area contributed by atoms with E-state index >= 15 is 0 Å². The van der Waals surface area contributed by atoms with Crippen molar-refractivity contribution in [3.8, 4) is 11.5 Å². The molecule has 0 heterocycles. The van der Waals surface area contributed by atoms with Crippen molar-refractivity contribution in [2.45, 2.75) is 6.61 Å². The first kappa shape index (κ1) is 15.5. The van der Waals surface area contributed by atoms with Gasteiger partial charge in [0.05, 0.1) is 13.3 Å². The summed E-state index contributed by atoms with van der Waals surface area (Å²) in [6.45, 7) is 0.291. The predicted octanol–water partition coefficient (Wildman–Crippen LogP) is 4.39. The number of rotatable bonds is 5. The first-order valence-electron chi connectivity index (χ1n) is 6.06. The van der Waals surface area contributed by atoms with Crippen LogP contribution in [0.5, 0.6) is 11.5 Å². The number of halogens is 2. The zero-order valence-electron chi connectivity index (χ0n) is 11.2. The van der Waals surface area contributed by atoms with Gasteiger partial charge in [-0.2, -0.15) is 0 Å². The van der Waals surface area contributed by atoms with Crippen LogP contribution in [-0.2, 0) is 6.61 Å². The van der Waals surface area contributed by atoms with Gasteiger partial charge in [-0.05, 0) is 30.3 Å². The van der Waals surface area contributed by atoms with Crippen LogP contribution in [0.1, 0.15) is 11.1 Å². The standard InChI is InChI=1S/C15H13Cl2NO3/c1-20-15-6-10(8-18-19)2-5-14(15)21-9-11-3-4-12(16)7-13(11)17/h2-8,19H,9H2,1H3/b18-8-. The molecule has 0 aromatic heterocycles. The molecule has 0 unspecified atom stereocenters. The molecule has 0 saturated heterocycles. The number of nitrogens with zero attached hydrogens (tertiary/aromatic N) is 1. The Bertz CT molecular complexity index is 659. The Morgan fingerprint density at radius 1 is 1.14 bits per heavy atom. The van der Waals surface area contributed by atoms with Crippen LogP contribution in [0, 0.1) is 0 Å². The first-order valence-corrected chi connectivity index (χ1v) is 6.82. The third-order valence-corrected chi connectivity index (χ3v) is 3.38. The number of methoxy groups -OCH3 is 1. The lowest BCUT2D eigenvalue weighted by Crippen LogP contribution is -1.99. The lowest BCUT2D eigenvalue weighted by molar-refractivity contribution is 0.284. The van der Waals surface area contributed by atoms with E-state index in [2.05, 4.69) is 5.16 Å². The Morgan fingerprint density at radius 2 is 1.95 bits per heavy atom. The van der Waals surface area contributed by atoms with E-state index in [-0.39, 0.29) is 0 Å². The molecule has 0 radical (unpaired) electrons. The fraction of sp³-hybridized carbons (Fsp3) is 0.133. The summed E-state index contributed by atoms with van der Waals surface area (Å²) in [7, 11) is 1.54. The zero-order valence-corrected chi connectivity index (χ0v) is 12.7. The van der Waals surface area contributed by atoms with Crippen LogP contribution in [0.25, 0.3) is 0 Å². The van der Waals surface area contributed by atoms with Gasteiger partial charge in [0, 0.05) is 21.2 Å². The maximum atomic E-state index is 8.53. The number of hydrogen-bond donors (Lipinski definition) is 1. The van der Waals surface area contributed by atoms with E-state index in [4.69, 9.17) is 37.9 Å². The van der Waals surface area contributed by atoms with Crippen molar-refractivity contribution in [2.75, 3.05) is 7.11 Å². The van der Waals surface area contributed by atoms with Gasteiger partial charge in [0.25, 0.3) is 0 Å². The van der Waals surface area contributed by atoms with Crippen LogP contribution < -0.4 is 9.47 Å². The summed E-state index contributed by atoms with van der Waals surface area (Å²) in [4.78, 5) is 0. The Morgan fingerprint density at radius 3 is 2.62 bits per heavy atom. The van der Waals surface area contributed by atoms with E-state index in [1.165, 1.54) is 13.3 Å². The normalized spacial score (nSPS) is 10.8. The number of benzene rings is 2. The molecule has 0 aliphatic carbocycles. The molecule has 110 valence electrons. The van der Waals surface area contributed by atoms with Gasteiger partial charge in [0.2, 0.25) is 0 Å². The fourth-order valence-electron chi connectivity index (χ4n) is 1.74. The number of oxime groups is 1. The minimum Gasteiger partial charge on any atom is -0.493 e. The largest absolute Gasteiger partial charge is 0.493 e. The molecule has 2 aromatic rings. The van der Waals surface area contributed by atoms with Gasteiger partial charge in [-0.25, -0.2) is 0 Å². The summed E-state index contributed by atoms with van der Waals surface area (Å²) in [6, 6.07) is 10.4. The summed E-state index contributed by atoms with van der Waals surface area (Å²) in [6.07, 6.45) is 1.31. The molecule has 21 heavy (non-hydrogen) atoms. The molecular weight excluding hydrogens is 313 g/mol. The highest BCUT2D eigenvalue weighted by Gasteiger charge is 2.07. The quantitative estimate of drug-likeness (QED) is 0.504. The molecule has 0 bridgehead atoms. The third kappa shape index (κ3) is 4.03. The zero-order chi connectivity index (χ0) is 15.2. The van der Waals surface area contributed by atoms with Gasteiger partial charge in [0.1, 0.15) is 6.61 Å². The van der Waals surface area contributed by atoms with Crippen molar-refractivity contribution in [1.82, 2.24) is 0 Å². The number of hydrogen-bond acceptors (Lipinski definition) is 4. The molecule has 0 saturated carbocycles. The average molecular weight is 326 g/mol. The molecule has 1 N–H and O–H groups in total. The minimum atomic E-state index is 0.291. The van der Waals surface area contributed by atoms with Crippen molar-refractivity contribution in [3.05, 3.63) is 57.6 Å². The van der Waals surface area contributed by atoms with Crippen LogP contribution >= 0.6 is 23.2 Å². The van der Waals surface area contributed by atoms with E-state index < -0.39 is 0 Å². The number of ether oxygens (including phenoxy) is 2. The smallest absolute Gasteiger partial charge is 0.161 e. The van der Waals surface area contributed by atoms with E-state index in [1.54, 1.807) is 30.3 Å². The molecule has 2 rings (SSSR count). The van der Waals surface area contributed by atoms with Crippen molar-refractivity contribution in [3.63, 3.8) is 0 Å². The topological polar surface area (TPSA) is 51.0 Å². The van der Waals surface area contributed by atoms with Crippen molar-refractivity contribution in [1.29, 1.82) is 0 Å². The van der Waals surface area contributed by atoms with E-state index in [9.17, 15) is 0 Å². The summed E-state index contributed by atoms with van der Waals surface area (Å²) < 4.78 is 11.0. The van der Waals surface area contributed by atoms with Gasteiger partial charge in [0.15, 0.2) is 11.5 Å². The Labute approximate surface area is 132 Å².